The molecule has 1 N–H and O–H groups in total. The van der Waals surface area contributed by atoms with Crippen LogP contribution in [-0.2, 0) is 13.0 Å². The number of fused-ring (bicyclic) bond motifs is 1. The van der Waals surface area contributed by atoms with Crippen molar-refractivity contribution in [3.8, 4) is 0 Å². The molecule has 1 amide bonds. The Bertz CT molecular complexity index is 1030. The van der Waals surface area contributed by atoms with Crippen molar-refractivity contribution in [1.82, 2.24) is 20.3 Å². The molecule has 0 aliphatic carbocycles. The number of carbonyl (C=O) groups is 1. The van der Waals surface area contributed by atoms with Crippen molar-refractivity contribution in [3.63, 3.8) is 0 Å². The van der Waals surface area contributed by atoms with Crippen molar-refractivity contribution < 1.29 is 4.79 Å². The van der Waals surface area contributed by atoms with Crippen LogP contribution in [0.3, 0.4) is 0 Å². The van der Waals surface area contributed by atoms with E-state index in [0.29, 0.717) is 13.0 Å². The molecule has 5 nitrogen and oxygen atoms in total. The number of nitrogens with zero attached hydrogens (tertiary/aromatic N) is 3. The highest BCUT2D eigenvalue weighted by Gasteiger charge is 2.15. The maximum Gasteiger partial charge on any atom is 0.289 e. The molecule has 0 bridgehead atoms. The van der Waals surface area contributed by atoms with Gasteiger partial charge in [0, 0.05) is 12.6 Å². The first-order chi connectivity index (χ1) is 12.8. The zero-order valence-corrected chi connectivity index (χ0v) is 14.7. The summed E-state index contributed by atoms with van der Waals surface area (Å²) < 4.78 is 1.02. The molecule has 0 spiro atoms. The van der Waals surface area contributed by atoms with Crippen molar-refractivity contribution in [1.29, 1.82) is 0 Å². The van der Waals surface area contributed by atoms with Gasteiger partial charge in [0.25, 0.3) is 5.91 Å². The Morgan fingerprint density at radius 2 is 1.85 bits per heavy atom. The Labute approximate surface area is 154 Å². The molecule has 0 saturated heterocycles. The molecule has 6 heteroatoms. The fourth-order valence-corrected chi connectivity index (χ4v) is 3.51. The quantitative estimate of drug-likeness (QED) is 0.590. The van der Waals surface area contributed by atoms with E-state index >= 15 is 0 Å². The minimum absolute atomic E-state index is 0.192. The molecule has 0 atom stereocenters. The van der Waals surface area contributed by atoms with Gasteiger partial charge in [0.05, 0.1) is 28.1 Å². The van der Waals surface area contributed by atoms with Gasteiger partial charge in [-0.1, -0.05) is 36.4 Å². The minimum Gasteiger partial charge on any atom is -0.344 e. The van der Waals surface area contributed by atoms with E-state index in [9.17, 15) is 4.79 Å². The number of aromatic nitrogens is 3. The molecule has 3 heterocycles. The Balaban J connectivity index is 1.60. The standard InChI is InChI=1S/C20H16N4OS/c25-20(22-13-15-8-4-5-10-21-15)19-23-16-9-11-26-18(16)17(24-19)12-14-6-2-1-3-7-14/h1-11H,12-13H2,(H,22,25). The van der Waals surface area contributed by atoms with Crippen LogP contribution in [0.1, 0.15) is 27.6 Å². The van der Waals surface area contributed by atoms with Crippen LogP contribution >= 0.6 is 11.3 Å². The van der Waals surface area contributed by atoms with Crippen LogP contribution in [-0.4, -0.2) is 20.9 Å². The molecule has 128 valence electrons. The van der Waals surface area contributed by atoms with Gasteiger partial charge in [-0.05, 0) is 29.1 Å². The molecular formula is C20H16N4OS. The largest absolute Gasteiger partial charge is 0.344 e. The molecule has 0 radical (unpaired) electrons. The lowest BCUT2D eigenvalue weighted by atomic mass is 10.1. The fourth-order valence-electron chi connectivity index (χ4n) is 2.69. The van der Waals surface area contributed by atoms with E-state index in [4.69, 9.17) is 0 Å². The first-order valence-electron chi connectivity index (χ1n) is 8.26. The first kappa shape index (κ1) is 16.4. The summed E-state index contributed by atoms with van der Waals surface area (Å²) >= 11 is 1.60. The van der Waals surface area contributed by atoms with Gasteiger partial charge in [-0.3, -0.25) is 9.78 Å². The average Bonchev–Trinajstić information content (AvgIpc) is 3.17. The molecule has 0 unspecified atom stereocenters. The van der Waals surface area contributed by atoms with Crippen molar-refractivity contribution >= 4 is 27.5 Å². The molecule has 1 aromatic carbocycles. The number of rotatable bonds is 5. The molecule has 0 fully saturated rings. The number of hydrogen-bond donors (Lipinski definition) is 1. The molecule has 4 rings (SSSR count). The van der Waals surface area contributed by atoms with E-state index in [1.54, 1.807) is 17.5 Å². The van der Waals surface area contributed by atoms with Gasteiger partial charge < -0.3 is 5.32 Å². The van der Waals surface area contributed by atoms with E-state index in [1.807, 2.05) is 47.8 Å². The molecule has 0 saturated carbocycles. The average molecular weight is 360 g/mol. The summed E-state index contributed by atoms with van der Waals surface area (Å²) in [6, 6.07) is 17.6. The second-order valence-electron chi connectivity index (χ2n) is 5.80. The summed E-state index contributed by atoms with van der Waals surface area (Å²) in [6.45, 7) is 0.346. The molecule has 0 aliphatic rings. The van der Waals surface area contributed by atoms with Crippen molar-refractivity contribution in [2.24, 2.45) is 0 Å². The number of benzene rings is 1. The van der Waals surface area contributed by atoms with E-state index in [0.717, 1.165) is 27.2 Å². The number of amides is 1. The Morgan fingerprint density at radius 3 is 2.65 bits per heavy atom. The Kier molecular flexibility index (Phi) is 4.66. The van der Waals surface area contributed by atoms with Gasteiger partial charge in [-0.25, -0.2) is 9.97 Å². The van der Waals surface area contributed by atoms with Gasteiger partial charge in [-0.15, -0.1) is 11.3 Å². The van der Waals surface area contributed by atoms with Crippen molar-refractivity contribution in [2.75, 3.05) is 0 Å². The number of thiophene rings is 1. The van der Waals surface area contributed by atoms with Crippen LogP contribution in [0.25, 0.3) is 10.2 Å². The van der Waals surface area contributed by atoms with Crippen LogP contribution in [0.4, 0.5) is 0 Å². The van der Waals surface area contributed by atoms with Gasteiger partial charge in [0.1, 0.15) is 0 Å². The zero-order chi connectivity index (χ0) is 17.8. The van der Waals surface area contributed by atoms with Gasteiger partial charge >= 0.3 is 0 Å². The molecule has 26 heavy (non-hydrogen) atoms. The Morgan fingerprint density at radius 1 is 1.00 bits per heavy atom. The lowest BCUT2D eigenvalue weighted by Gasteiger charge is -2.07. The summed E-state index contributed by atoms with van der Waals surface area (Å²) in [5.41, 5.74) is 3.63. The van der Waals surface area contributed by atoms with Crippen LogP contribution in [0.2, 0.25) is 0 Å². The summed E-state index contributed by atoms with van der Waals surface area (Å²) in [4.78, 5) is 25.7. The third kappa shape index (κ3) is 3.60. The molecule has 0 aliphatic heterocycles. The number of carbonyl (C=O) groups excluding carboxylic acids is 1. The van der Waals surface area contributed by atoms with E-state index in [1.165, 1.54) is 0 Å². The summed E-state index contributed by atoms with van der Waals surface area (Å²) in [5.74, 6) is -0.101. The highest BCUT2D eigenvalue weighted by atomic mass is 32.1. The second-order valence-corrected chi connectivity index (χ2v) is 6.71. The first-order valence-corrected chi connectivity index (χ1v) is 9.14. The lowest BCUT2D eigenvalue weighted by Crippen LogP contribution is -2.25. The molecule has 4 aromatic rings. The molecular weight excluding hydrogens is 344 g/mol. The van der Waals surface area contributed by atoms with Gasteiger partial charge in [0.2, 0.25) is 5.82 Å². The fraction of sp³-hybridized carbons (Fsp3) is 0.100. The SMILES string of the molecule is O=C(NCc1ccccn1)c1nc(Cc2ccccc2)c2sccc2n1. The minimum atomic E-state index is -0.293. The molecule has 3 aromatic heterocycles. The van der Waals surface area contributed by atoms with Gasteiger partial charge in [0.15, 0.2) is 0 Å². The summed E-state index contributed by atoms with van der Waals surface area (Å²) in [7, 11) is 0. The smallest absolute Gasteiger partial charge is 0.289 e. The summed E-state index contributed by atoms with van der Waals surface area (Å²) in [6.07, 6.45) is 2.37. The summed E-state index contributed by atoms with van der Waals surface area (Å²) in [5, 5.41) is 4.82. The van der Waals surface area contributed by atoms with Crippen LogP contribution in [0.15, 0.2) is 66.2 Å². The van der Waals surface area contributed by atoms with Crippen molar-refractivity contribution in [3.05, 3.63) is 88.9 Å². The van der Waals surface area contributed by atoms with Crippen molar-refractivity contribution in [2.45, 2.75) is 13.0 Å². The lowest BCUT2D eigenvalue weighted by molar-refractivity contribution is 0.0940. The maximum absolute atomic E-state index is 12.5. The highest BCUT2D eigenvalue weighted by molar-refractivity contribution is 7.17. The second kappa shape index (κ2) is 7.41. The van der Waals surface area contributed by atoms with Crippen LogP contribution in [0.5, 0.6) is 0 Å². The zero-order valence-electron chi connectivity index (χ0n) is 13.9. The number of nitrogens with one attached hydrogen (secondary N) is 1. The third-order valence-corrected chi connectivity index (χ3v) is 4.90. The maximum atomic E-state index is 12.5. The van der Waals surface area contributed by atoms with E-state index < -0.39 is 0 Å². The third-order valence-electron chi connectivity index (χ3n) is 3.95. The predicted molar refractivity (Wildman–Crippen MR) is 102 cm³/mol. The predicted octanol–water partition coefficient (Wildman–Crippen LogP) is 3.61. The van der Waals surface area contributed by atoms with E-state index in [-0.39, 0.29) is 11.7 Å². The van der Waals surface area contributed by atoms with Crippen LogP contribution in [0, 0.1) is 0 Å². The Hall–Kier alpha value is -3.12. The highest BCUT2D eigenvalue weighted by Crippen LogP contribution is 2.24. The van der Waals surface area contributed by atoms with Crippen LogP contribution < -0.4 is 5.32 Å². The van der Waals surface area contributed by atoms with Gasteiger partial charge in [-0.2, -0.15) is 0 Å². The monoisotopic (exact) mass is 360 g/mol. The van der Waals surface area contributed by atoms with E-state index in [2.05, 4.69) is 32.4 Å². The normalized spacial score (nSPS) is 10.8. The number of hydrogen-bond acceptors (Lipinski definition) is 5. The number of pyridine rings is 1. The topological polar surface area (TPSA) is 67.8 Å².